The van der Waals surface area contributed by atoms with E-state index in [0.717, 1.165) is 29.9 Å². The molecule has 1 aliphatic rings. The number of amides is 1. The number of hydrogen-bond acceptors (Lipinski definition) is 5. The van der Waals surface area contributed by atoms with Crippen LogP contribution in [0.25, 0.3) is 0 Å². The van der Waals surface area contributed by atoms with E-state index in [0.29, 0.717) is 31.6 Å². The van der Waals surface area contributed by atoms with Crippen LogP contribution in [0.2, 0.25) is 0 Å². The maximum atomic E-state index is 12.5. The van der Waals surface area contributed by atoms with Gasteiger partial charge in [0.25, 0.3) is 5.91 Å². The third kappa shape index (κ3) is 3.81. The van der Waals surface area contributed by atoms with Gasteiger partial charge in [-0.25, -0.2) is 8.42 Å². The summed E-state index contributed by atoms with van der Waals surface area (Å²) < 4.78 is 31.6. The van der Waals surface area contributed by atoms with E-state index in [1.807, 2.05) is 13.8 Å². The van der Waals surface area contributed by atoms with Crippen LogP contribution in [0.4, 0.5) is 0 Å². The van der Waals surface area contributed by atoms with Gasteiger partial charge in [-0.05, 0) is 57.4 Å². The average Bonchev–Trinajstić information content (AvgIpc) is 3.27. The number of nitrogens with one attached hydrogen (secondary N) is 1. The summed E-state index contributed by atoms with van der Waals surface area (Å²) in [6, 6.07) is 6.09. The molecule has 0 unspecified atom stereocenters. The molecule has 2 aromatic rings. The quantitative estimate of drug-likeness (QED) is 0.832. The number of rotatable bonds is 6. The number of aromatic nitrogens is 1. The van der Waals surface area contributed by atoms with Crippen molar-refractivity contribution in [2.45, 2.75) is 38.0 Å². The van der Waals surface area contributed by atoms with Crippen molar-refractivity contribution in [3.05, 3.63) is 46.8 Å². The molecule has 1 N–H and O–H groups in total. The molecule has 1 aromatic heterocycles. The van der Waals surface area contributed by atoms with Gasteiger partial charge in [0.15, 0.2) is 0 Å². The van der Waals surface area contributed by atoms with Crippen molar-refractivity contribution in [2.75, 3.05) is 19.6 Å². The second kappa shape index (κ2) is 7.59. The minimum Gasteiger partial charge on any atom is -0.361 e. The SMILES string of the molecule is Cc1noc(C)c1CCNC(=O)c1ccc(S(=O)(=O)N2CCCC2)cc1. The van der Waals surface area contributed by atoms with Gasteiger partial charge < -0.3 is 9.84 Å². The molecule has 0 atom stereocenters. The summed E-state index contributed by atoms with van der Waals surface area (Å²) >= 11 is 0. The molecule has 1 fully saturated rings. The highest BCUT2D eigenvalue weighted by Gasteiger charge is 2.27. The summed E-state index contributed by atoms with van der Waals surface area (Å²) in [4.78, 5) is 12.5. The Hall–Kier alpha value is -2.19. The van der Waals surface area contributed by atoms with E-state index < -0.39 is 10.0 Å². The molecule has 8 heteroatoms. The Kier molecular flexibility index (Phi) is 5.43. The topological polar surface area (TPSA) is 92.5 Å². The van der Waals surface area contributed by atoms with Crippen LogP contribution in [-0.4, -0.2) is 43.4 Å². The summed E-state index contributed by atoms with van der Waals surface area (Å²) in [6.45, 7) is 5.29. The van der Waals surface area contributed by atoms with Crippen LogP contribution in [0.3, 0.4) is 0 Å². The van der Waals surface area contributed by atoms with Gasteiger partial charge in [-0.1, -0.05) is 5.16 Å². The Morgan fingerprint density at radius 1 is 1.19 bits per heavy atom. The third-order valence-electron chi connectivity index (χ3n) is 4.66. The van der Waals surface area contributed by atoms with Crippen LogP contribution in [0.5, 0.6) is 0 Å². The van der Waals surface area contributed by atoms with E-state index in [2.05, 4.69) is 10.5 Å². The Bertz CT molecular complexity index is 862. The Labute approximate surface area is 153 Å². The lowest BCUT2D eigenvalue weighted by atomic mass is 10.1. The number of benzene rings is 1. The van der Waals surface area contributed by atoms with Gasteiger partial charge in [0.2, 0.25) is 10.0 Å². The predicted octanol–water partition coefficient (Wildman–Crippen LogP) is 2.05. The zero-order chi connectivity index (χ0) is 18.7. The summed E-state index contributed by atoms with van der Waals surface area (Å²) in [5.41, 5.74) is 2.26. The minimum atomic E-state index is -3.45. The van der Waals surface area contributed by atoms with Crippen molar-refractivity contribution in [3.8, 4) is 0 Å². The average molecular weight is 377 g/mol. The molecule has 7 nitrogen and oxygen atoms in total. The molecule has 0 saturated carbocycles. The molecule has 140 valence electrons. The van der Waals surface area contributed by atoms with Gasteiger partial charge in [-0.2, -0.15) is 4.31 Å². The van der Waals surface area contributed by atoms with Crippen LogP contribution in [-0.2, 0) is 16.4 Å². The fourth-order valence-electron chi connectivity index (χ4n) is 3.12. The first-order valence-corrected chi connectivity index (χ1v) is 10.1. The lowest BCUT2D eigenvalue weighted by Crippen LogP contribution is -2.28. The fraction of sp³-hybridized carbons (Fsp3) is 0.444. The number of nitrogens with zero attached hydrogens (tertiary/aromatic N) is 2. The van der Waals surface area contributed by atoms with Crippen molar-refractivity contribution in [1.29, 1.82) is 0 Å². The van der Waals surface area contributed by atoms with Gasteiger partial charge in [0, 0.05) is 30.8 Å². The molecule has 1 aliphatic heterocycles. The van der Waals surface area contributed by atoms with Gasteiger partial charge in [-0.3, -0.25) is 4.79 Å². The zero-order valence-electron chi connectivity index (χ0n) is 15.0. The van der Waals surface area contributed by atoms with Gasteiger partial charge in [0.05, 0.1) is 10.6 Å². The van der Waals surface area contributed by atoms with E-state index >= 15 is 0 Å². The number of carbonyl (C=O) groups is 1. The second-order valence-corrected chi connectivity index (χ2v) is 8.38. The van der Waals surface area contributed by atoms with Crippen LogP contribution in [0.15, 0.2) is 33.7 Å². The highest BCUT2D eigenvalue weighted by atomic mass is 32.2. The van der Waals surface area contributed by atoms with Gasteiger partial charge in [-0.15, -0.1) is 0 Å². The smallest absolute Gasteiger partial charge is 0.251 e. The van der Waals surface area contributed by atoms with Crippen LogP contribution in [0, 0.1) is 13.8 Å². The highest BCUT2D eigenvalue weighted by molar-refractivity contribution is 7.89. The largest absolute Gasteiger partial charge is 0.361 e. The van der Waals surface area contributed by atoms with E-state index in [9.17, 15) is 13.2 Å². The molecule has 1 aromatic carbocycles. The lowest BCUT2D eigenvalue weighted by Gasteiger charge is -2.15. The Morgan fingerprint density at radius 2 is 1.85 bits per heavy atom. The van der Waals surface area contributed by atoms with Crippen LogP contribution < -0.4 is 5.32 Å². The van der Waals surface area contributed by atoms with Crippen molar-refractivity contribution in [2.24, 2.45) is 0 Å². The molecule has 3 rings (SSSR count). The molecule has 2 heterocycles. The van der Waals surface area contributed by atoms with E-state index in [4.69, 9.17) is 4.52 Å². The highest BCUT2D eigenvalue weighted by Crippen LogP contribution is 2.21. The van der Waals surface area contributed by atoms with E-state index in [-0.39, 0.29) is 10.8 Å². The number of carbonyl (C=O) groups excluding carboxylic acids is 1. The lowest BCUT2D eigenvalue weighted by molar-refractivity contribution is 0.0954. The monoisotopic (exact) mass is 377 g/mol. The van der Waals surface area contributed by atoms with E-state index in [1.165, 1.54) is 16.4 Å². The van der Waals surface area contributed by atoms with Gasteiger partial charge in [0.1, 0.15) is 5.76 Å². The van der Waals surface area contributed by atoms with Crippen LogP contribution in [0.1, 0.15) is 40.2 Å². The maximum Gasteiger partial charge on any atom is 0.251 e. The third-order valence-corrected chi connectivity index (χ3v) is 6.57. The van der Waals surface area contributed by atoms with Crippen molar-refractivity contribution < 1.29 is 17.7 Å². The Balaban J connectivity index is 1.60. The molecule has 0 bridgehead atoms. The molecule has 1 amide bonds. The molecular weight excluding hydrogens is 354 g/mol. The van der Waals surface area contributed by atoms with Crippen molar-refractivity contribution in [1.82, 2.24) is 14.8 Å². The number of hydrogen-bond donors (Lipinski definition) is 1. The maximum absolute atomic E-state index is 12.5. The first-order chi connectivity index (χ1) is 12.4. The first-order valence-electron chi connectivity index (χ1n) is 8.70. The Morgan fingerprint density at radius 3 is 2.42 bits per heavy atom. The summed E-state index contributed by atoms with van der Waals surface area (Å²) in [5.74, 6) is 0.523. The predicted molar refractivity (Wildman–Crippen MR) is 96.4 cm³/mol. The van der Waals surface area contributed by atoms with E-state index in [1.54, 1.807) is 12.1 Å². The molecule has 26 heavy (non-hydrogen) atoms. The summed E-state index contributed by atoms with van der Waals surface area (Å²) in [5, 5.41) is 6.73. The second-order valence-electron chi connectivity index (χ2n) is 6.44. The fourth-order valence-corrected chi connectivity index (χ4v) is 4.63. The zero-order valence-corrected chi connectivity index (χ0v) is 15.8. The number of aryl methyl sites for hydroxylation is 2. The summed E-state index contributed by atoms with van der Waals surface area (Å²) in [7, 11) is -3.45. The van der Waals surface area contributed by atoms with Gasteiger partial charge >= 0.3 is 0 Å². The van der Waals surface area contributed by atoms with Crippen molar-refractivity contribution >= 4 is 15.9 Å². The normalized spacial score (nSPS) is 15.3. The van der Waals surface area contributed by atoms with Crippen LogP contribution >= 0.6 is 0 Å². The molecule has 0 aliphatic carbocycles. The summed E-state index contributed by atoms with van der Waals surface area (Å²) in [6.07, 6.45) is 2.42. The standard InChI is InChI=1S/C18H23N3O4S/c1-13-17(14(2)25-20-13)9-10-19-18(22)15-5-7-16(8-6-15)26(23,24)21-11-3-4-12-21/h5-8H,3-4,9-12H2,1-2H3,(H,19,22). The molecule has 0 spiro atoms. The number of sulfonamides is 1. The molecule has 0 radical (unpaired) electrons. The minimum absolute atomic E-state index is 0.228. The van der Waals surface area contributed by atoms with Crippen molar-refractivity contribution in [3.63, 3.8) is 0 Å². The molecule has 1 saturated heterocycles. The molecular formula is C18H23N3O4S. The first kappa shape index (κ1) is 18.6.